The second-order valence-corrected chi connectivity index (χ2v) is 6.78. The molecule has 4 aromatic rings. The summed E-state index contributed by atoms with van der Waals surface area (Å²) in [5, 5.41) is 19.5. The Balaban J connectivity index is 1.21. The number of fused-ring (bicyclic) bond motifs is 2. The summed E-state index contributed by atoms with van der Waals surface area (Å²) < 4.78 is 3.08. The molecule has 148 valence electrons. The van der Waals surface area contributed by atoms with Crippen LogP contribution in [-0.2, 0) is 17.8 Å². The van der Waals surface area contributed by atoms with Crippen LogP contribution in [0.25, 0.3) is 16.6 Å². The fourth-order valence-corrected chi connectivity index (χ4v) is 3.19. The average molecular weight is 391 g/mol. The number of amides is 1. The van der Waals surface area contributed by atoms with Crippen molar-refractivity contribution in [2.75, 3.05) is 6.54 Å². The maximum Gasteiger partial charge on any atom is 0.278 e. The van der Waals surface area contributed by atoms with E-state index < -0.39 is 0 Å². The van der Waals surface area contributed by atoms with Gasteiger partial charge in [0.15, 0.2) is 5.65 Å². The van der Waals surface area contributed by atoms with E-state index >= 15 is 0 Å². The zero-order valence-electron chi connectivity index (χ0n) is 15.9. The van der Waals surface area contributed by atoms with Gasteiger partial charge in [-0.15, -0.1) is 15.3 Å². The first-order valence-electron chi connectivity index (χ1n) is 9.60. The molecule has 1 amide bonds. The Hall–Kier alpha value is -3.62. The molecular formula is C20H21N7O2. The molecule has 1 aromatic carbocycles. The van der Waals surface area contributed by atoms with Gasteiger partial charge in [-0.25, -0.2) is 4.68 Å². The number of nitrogens with one attached hydrogen (secondary N) is 1. The summed E-state index contributed by atoms with van der Waals surface area (Å²) in [6, 6.07) is 12.8. The van der Waals surface area contributed by atoms with Gasteiger partial charge in [0.2, 0.25) is 5.91 Å². The van der Waals surface area contributed by atoms with Crippen LogP contribution in [0.3, 0.4) is 0 Å². The van der Waals surface area contributed by atoms with Gasteiger partial charge >= 0.3 is 0 Å². The molecular weight excluding hydrogens is 370 g/mol. The molecule has 0 fully saturated rings. The number of carbonyl (C=O) groups excluding carboxylic acids is 1. The minimum absolute atomic E-state index is 0.137. The van der Waals surface area contributed by atoms with E-state index in [-0.39, 0.29) is 18.0 Å². The van der Waals surface area contributed by atoms with Crippen LogP contribution in [0.15, 0.2) is 53.5 Å². The number of aryl methyl sites for hydroxylation is 1. The van der Waals surface area contributed by atoms with E-state index in [1.54, 1.807) is 24.3 Å². The predicted octanol–water partition coefficient (Wildman–Crippen LogP) is 1.36. The number of nitrogens with zero attached hydrogens (tertiary/aromatic N) is 6. The van der Waals surface area contributed by atoms with Crippen LogP contribution in [0.2, 0.25) is 0 Å². The van der Waals surface area contributed by atoms with E-state index in [1.807, 2.05) is 28.8 Å². The summed E-state index contributed by atoms with van der Waals surface area (Å²) in [5.74, 6) is 0.694. The lowest BCUT2D eigenvalue weighted by molar-refractivity contribution is -0.121. The Morgan fingerprint density at radius 3 is 2.76 bits per heavy atom. The minimum atomic E-state index is -0.314. The van der Waals surface area contributed by atoms with Gasteiger partial charge in [-0.2, -0.15) is 0 Å². The SMILES string of the molecule is O=C(Cn1nnc2ccccc2c1=O)NCCCCCc1nnc2ccccn12. The van der Waals surface area contributed by atoms with Gasteiger partial charge in [-0.3, -0.25) is 14.0 Å². The standard InChI is InChI=1S/C20H21N7O2/c28-19(14-27-20(29)15-8-3-4-9-16(15)22-25-27)21-12-6-1-2-10-17-23-24-18-11-5-7-13-26(17)18/h3-5,7-9,11,13H,1-2,6,10,12,14H2,(H,21,28). The first kappa shape index (κ1) is 18.7. The minimum Gasteiger partial charge on any atom is -0.354 e. The van der Waals surface area contributed by atoms with Crippen LogP contribution < -0.4 is 10.9 Å². The van der Waals surface area contributed by atoms with E-state index in [9.17, 15) is 9.59 Å². The third-order valence-electron chi connectivity index (χ3n) is 4.71. The van der Waals surface area contributed by atoms with Crippen molar-refractivity contribution in [3.8, 4) is 0 Å². The molecule has 4 rings (SSSR count). The normalized spacial score (nSPS) is 11.2. The molecule has 0 aliphatic carbocycles. The Labute approximate surface area is 166 Å². The van der Waals surface area contributed by atoms with Gasteiger partial charge in [0.1, 0.15) is 17.9 Å². The molecule has 0 unspecified atom stereocenters. The van der Waals surface area contributed by atoms with Crippen molar-refractivity contribution in [3.63, 3.8) is 0 Å². The lowest BCUT2D eigenvalue weighted by Gasteiger charge is -2.07. The van der Waals surface area contributed by atoms with Crippen molar-refractivity contribution in [2.45, 2.75) is 32.2 Å². The van der Waals surface area contributed by atoms with Crippen molar-refractivity contribution in [2.24, 2.45) is 0 Å². The van der Waals surface area contributed by atoms with E-state index in [0.717, 1.165) is 41.8 Å². The topological polar surface area (TPSA) is 107 Å². The number of benzene rings is 1. The zero-order valence-corrected chi connectivity index (χ0v) is 15.9. The lowest BCUT2D eigenvalue weighted by atomic mass is 10.2. The van der Waals surface area contributed by atoms with E-state index in [1.165, 1.54) is 0 Å². The van der Waals surface area contributed by atoms with Crippen molar-refractivity contribution >= 4 is 22.5 Å². The molecule has 0 saturated carbocycles. The van der Waals surface area contributed by atoms with Gasteiger partial charge < -0.3 is 5.32 Å². The first-order chi connectivity index (χ1) is 14.2. The molecule has 0 aliphatic heterocycles. The Bertz CT molecular complexity index is 1200. The maximum absolute atomic E-state index is 12.4. The Morgan fingerprint density at radius 2 is 1.83 bits per heavy atom. The predicted molar refractivity (Wildman–Crippen MR) is 107 cm³/mol. The summed E-state index contributed by atoms with van der Waals surface area (Å²) in [5.41, 5.74) is 1.06. The highest BCUT2D eigenvalue weighted by atomic mass is 16.2. The monoisotopic (exact) mass is 391 g/mol. The van der Waals surface area contributed by atoms with E-state index in [4.69, 9.17) is 0 Å². The summed E-state index contributed by atoms with van der Waals surface area (Å²) in [7, 11) is 0. The Morgan fingerprint density at radius 1 is 0.966 bits per heavy atom. The maximum atomic E-state index is 12.4. The quantitative estimate of drug-likeness (QED) is 0.455. The highest BCUT2D eigenvalue weighted by Crippen LogP contribution is 2.07. The first-order valence-corrected chi connectivity index (χ1v) is 9.60. The van der Waals surface area contributed by atoms with Crippen LogP contribution in [-0.4, -0.2) is 42.0 Å². The lowest BCUT2D eigenvalue weighted by Crippen LogP contribution is -2.34. The number of pyridine rings is 1. The van der Waals surface area contributed by atoms with Crippen LogP contribution in [0, 0.1) is 0 Å². The number of carbonyl (C=O) groups is 1. The van der Waals surface area contributed by atoms with E-state index in [0.29, 0.717) is 17.4 Å². The fraction of sp³-hybridized carbons (Fsp3) is 0.300. The number of hydrogen-bond acceptors (Lipinski definition) is 6. The highest BCUT2D eigenvalue weighted by Gasteiger charge is 2.09. The van der Waals surface area contributed by atoms with Crippen molar-refractivity contribution in [1.82, 2.24) is 34.9 Å². The molecule has 9 nitrogen and oxygen atoms in total. The van der Waals surface area contributed by atoms with Crippen LogP contribution in [0.4, 0.5) is 0 Å². The smallest absolute Gasteiger partial charge is 0.278 e. The number of rotatable bonds is 8. The molecule has 0 atom stereocenters. The molecule has 0 bridgehead atoms. The molecule has 3 heterocycles. The van der Waals surface area contributed by atoms with Crippen molar-refractivity contribution in [3.05, 3.63) is 64.8 Å². The zero-order chi connectivity index (χ0) is 20.1. The Kier molecular flexibility index (Phi) is 5.55. The average Bonchev–Trinajstić information content (AvgIpc) is 3.16. The van der Waals surface area contributed by atoms with Crippen LogP contribution in [0.1, 0.15) is 25.1 Å². The molecule has 0 radical (unpaired) electrons. The van der Waals surface area contributed by atoms with Crippen molar-refractivity contribution in [1.29, 1.82) is 0 Å². The second-order valence-electron chi connectivity index (χ2n) is 6.78. The van der Waals surface area contributed by atoms with E-state index in [2.05, 4.69) is 25.8 Å². The van der Waals surface area contributed by atoms with Gasteiger partial charge in [-0.05, 0) is 37.1 Å². The molecule has 3 aromatic heterocycles. The second kappa shape index (κ2) is 8.59. The fourth-order valence-electron chi connectivity index (χ4n) is 3.19. The molecule has 0 saturated heterocycles. The van der Waals surface area contributed by atoms with Crippen LogP contribution >= 0.6 is 0 Å². The molecule has 1 N–H and O–H groups in total. The molecule has 0 spiro atoms. The highest BCUT2D eigenvalue weighted by molar-refractivity contribution is 5.78. The number of aromatic nitrogens is 6. The molecule has 29 heavy (non-hydrogen) atoms. The summed E-state index contributed by atoms with van der Waals surface area (Å²) >= 11 is 0. The summed E-state index contributed by atoms with van der Waals surface area (Å²) in [6.45, 7) is 0.414. The van der Waals surface area contributed by atoms with Gasteiger partial charge in [0.25, 0.3) is 5.56 Å². The third kappa shape index (κ3) is 4.29. The number of hydrogen-bond donors (Lipinski definition) is 1. The van der Waals surface area contributed by atoms with Gasteiger partial charge in [-0.1, -0.05) is 29.8 Å². The third-order valence-corrected chi connectivity index (χ3v) is 4.71. The molecule has 0 aliphatic rings. The number of unbranched alkanes of at least 4 members (excludes halogenated alkanes) is 2. The largest absolute Gasteiger partial charge is 0.354 e. The summed E-state index contributed by atoms with van der Waals surface area (Å²) in [4.78, 5) is 24.5. The molecule has 9 heteroatoms. The van der Waals surface area contributed by atoms with Crippen molar-refractivity contribution < 1.29 is 4.79 Å². The summed E-state index contributed by atoms with van der Waals surface area (Å²) in [6.07, 6.45) is 5.56. The van der Waals surface area contributed by atoms with Gasteiger partial charge in [0.05, 0.1) is 5.39 Å². The van der Waals surface area contributed by atoms with Gasteiger partial charge in [0, 0.05) is 19.2 Å². The van der Waals surface area contributed by atoms with Crippen LogP contribution in [0.5, 0.6) is 0 Å².